The summed E-state index contributed by atoms with van der Waals surface area (Å²) in [5.74, 6) is 0.446. The molecule has 1 N–H and O–H groups in total. The van der Waals surface area contributed by atoms with E-state index in [9.17, 15) is 8.78 Å². The van der Waals surface area contributed by atoms with Crippen molar-refractivity contribution in [3.8, 4) is 0 Å². The van der Waals surface area contributed by atoms with Crippen LogP contribution in [0.15, 0.2) is 18.2 Å². The number of hydrogen-bond acceptors (Lipinski definition) is 1. The zero-order valence-corrected chi connectivity index (χ0v) is 12.6. The highest BCUT2D eigenvalue weighted by Crippen LogP contribution is 2.40. The van der Waals surface area contributed by atoms with Crippen molar-refractivity contribution in [2.75, 3.05) is 6.54 Å². The topological polar surface area (TPSA) is 12.0 Å². The zero-order valence-electron chi connectivity index (χ0n) is 12.6. The molecule has 1 fully saturated rings. The second-order valence-corrected chi connectivity index (χ2v) is 6.24. The first kappa shape index (κ1) is 15.4. The van der Waals surface area contributed by atoms with Gasteiger partial charge in [0.1, 0.15) is 0 Å². The molecule has 0 heterocycles. The van der Waals surface area contributed by atoms with Gasteiger partial charge in [-0.1, -0.05) is 33.3 Å². The molecule has 0 saturated heterocycles. The van der Waals surface area contributed by atoms with E-state index in [0.717, 1.165) is 30.9 Å². The van der Waals surface area contributed by atoms with Gasteiger partial charge in [-0.15, -0.1) is 0 Å². The molecule has 1 nitrogen and oxygen atoms in total. The summed E-state index contributed by atoms with van der Waals surface area (Å²) in [6.45, 7) is 7.50. The van der Waals surface area contributed by atoms with Crippen molar-refractivity contribution >= 4 is 0 Å². The number of rotatable bonds is 4. The van der Waals surface area contributed by atoms with Crippen molar-refractivity contribution < 1.29 is 8.78 Å². The van der Waals surface area contributed by atoms with Gasteiger partial charge in [0.15, 0.2) is 11.6 Å². The summed E-state index contributed by atoms with van der Waals surface area (Å²) in [5.41, 5.74) is 0.873. The summed E-state index contributed by atoms with van der Waals surface area (Å²) >= 11 is 0. The van der Waals surface area contributed by atoms with Gasteiger partial charge in [-0.05, 0) is 54.8 Å². The normalized spacial score (nSPS) is 28.4. The molecule has 20 heavy (non-hydrogen) atoms. The van der Waals surface area contributed by atoms with E-state index in [1.807, 2.05) is 0 Å². The first-order chi connectivity index (χ1) is 9.52. The second kappa shape index (κ2) is 6.66. The molecule has 3 heteroatoms. The third-order valence-corrected chi connectivity index (χ3v) is 4.84. The van der Waals surface area contributed by atoms with Crippen LogP contribution in [-0.4, -0.2) is 6.54 Å². The molecule has 4 atom stereocenters. The molecule has 112 valence electrons. The van der Waals surface area contributed by atoms with E-state index in [2.05, 4.69) is 26.1 Å². The maximum atomic E-state index is 13.5. The summed E-state index contributed by atoms with van der Waals surface area (Å²) < 4.78 is 26.6. The smallest absolute Gasteiger partial charge is 0.159 e. The van der Waals surface area contributed by atoms with Gasteiger partial charge in [0.05, 0.1) is 0 Å². The number of benzene rings is 1. The molecular weight excluding hydrogens is 256 g/mol. The lowest BCUT2D eigenvalue weighted by molar-refractivity contribution is 0.172. The fourth-order valence-electron chi connectivity index (χ4n) is 3.37. The molecule has 1 aromatic carbocycles. The summed E-state index contributed by atoms with van der Waals surface area (Å²) in [5, 5.41) is 3.46. The summed E-state index contributed by atoms with van der Waals surface area (Å²) in [6.07, 6.45) is 3.53. The van der Waals surface area contributed by atoms with E-state index in [-0.39, 0.29) is 6.04 Å². The quantitative estimate of drug-likeness (QED) is 0.844. The predicted molar refractivity (Wildman–Crippen MR) is 78.4 cm³/mol. The Hall–Kier alpha value is -0.960. The third kappa shape index (κ3) is 3.38. The van der Waals surface area contributed by atoms with E-state index in [0.29, 0.717) is 11.8 Å². The Bertz CT molecular complexity index is 447. The van der Waals surface area contributed by atoms with E-state index < -0.39 is 11.6 Å². The van der Waals surface area contributed by atoms with Gasteiger partial charge < -0.3 is 5.32 Å². The van der Waals surface area contributed by atoms with Gasteiger partial charge in [-0.2, -0.15) is 0 Å². The standard InChI is InChI=1S/C17H25F2N/c1-4-20-17(13-6-5-11(2)12(3)9-13)14-7-8-15(18)16(19)10-14/h7-8,10-13,17,20H,4-6,9H2,1-3H3. The van der Waals surface area contributed by atoms with Crippen molar-refractivity contribution in [2.45, 2.75) is 46.1 Å². The van der Waals surface area contributed by atoms with Crippen LogP contribution in [0.5, 0.6) is 0 Å². The Morgan fingerprint density at radius 2 is 1.90 bits per heavy atom. The molecule has 1 aliphatic carbocycles. The Kier molecular flexibility index (Phi) is 5.14. The van der Waals surface area contributed by atoms with Gasteiger partial charge in [-0.25, -0.2) is 8.78 Å². The molecule has 0 aromatic heterocycles. The minimum Gasteiger partial charge on any atom is -0.310 e. The molecule has 0 radical (unpaired) electrons. The van der Waals surface area contributed by atoms with Crippen LogP contribution >= 0.6 is 0 Å². The maximum Gasteiger partial charge on any atom is 0.159 e. The molecule has 0 spiro atoms. The van der Waals surface area contributed by atoms with Crippen molar-refractivity contribution in [1.82, 2.24) is 5.32 Å². The molecule has 1 aromatic rings. The second-order valence-electron chi connectivity index (χ2n) is 6.24. The van der Waals surface area contributed by atoms with E-state index in [4.69, 9.17) is 0 Å². The molecule has 0 amide bonds. The molecule has 1 saturated carbocycles. The monoisotopic (exact) mass is 281 g/mol. The van der Waals surface area contributed by atoms with Crippen molar-refractivity contribution in [3.05, 3.63) is 35.4 Å². The third-order valence-electron chi connectivity index (χ3n) is 4.84. The van der Waals surface area contributed by atoms with Crippen molar-refractivity contribution in [2.24, 2.45) is 17.8 Å². The number of nitrogens with one attached hydrogen (secondary N) is 1. The molecule has 2 rings (SSSR count). The van der Waals surface area contributed by atoms with E-state index in [1.54, 1.807) is 6.07 Å². The Morgan fingerprint density at radius 1 is 1.15 bits per heavy atom. The van der Waals surface area contributed by atoms with E-state index >= 15 is 0 Å². The predicted octanol–water partition coefficient (Wildman–Crippen LogP) is 4.69. The Labute approximate surface area is 120 Å². The fraction of sp³-hybridized carbons (Fsp3) is 0.647. The lowest BCUT2D eigenvalue weighted by Gasteiger charge is -2.37. The average Bonchev–Trinajstić information content (AvgIpc) is 2.43. The SMILES string of the molecule is CCNC(c1ccc(F)c(F)c1)C1CCC(C)C(C)C1. The summed E-state index contributed by atoms with van der Waals surface area (Å²) in [7, 11) is 0. The molecule has 1 aliphatic rings. The van der Waals surface area contributed by atoms with Crippen LogP contribution in [0.4, 0.5) is 8.78 Å². The highest BCUT2D eigenvalue weighted by molar-refractivity contribution is 5.22. The van der Waals surface area contributed by atoms with Crippen LogP contribution in [0.2, 0.25) is 0 Å². The van der Waals surface area contributed by atoms with Crippen molar-refractivity contribution in [3.63, 3.8) is 0 Å². The Balaban J connectivity index is 2.19. The Morgan fingerprint density at radius 3 is 2.50 bits per heavy atom. The molecule has 0 aliphatic heterocycles. The first-order valence-electron chi connectivity index (χ1n) is 7.71. The first-order valence-corrected chi connectivity index (χ1v) is 7.71. The highest BCUT2D eigenvalue weighted by atomic mass is 19.2. The minimum absolute atomic E-state index is 0.130. The van der Waals surface area contributed by atoms with Gasteiger partial charge in [-0.3, -0.25) is 0 Å². The highest BCUT2D eigenvalue weighted by Gasteiger charge is 2.30. The van der Waals surface area contributed by atoms with Gasteiger partial charge in [0.25, 0.3) is 0 Å². The van der Waals surface area contributed by atoms with E-state index in [1.165, 1.54) is 18.6 Å². The van der Waals surface area contributed by atoms with Gasteiger partial charge >= 0.3 is 0 Å². The molecule has 0 bridgehead atoms. The fourth-order valence-corrected chi connectivity index (χ4v) is 3.37. The minimum atomic E-state index is -0.769. The van der Waals surface area contributed by atoms with Crippen LogP contribution < -0.4 is 5.32 Å². The number of halogens is 2. The van der Waals surface area contributed by atoms with Crippen molar-refractivity contribution in [1.29, 1.82) is 0 Å². The van der Waals surface area contributed by atoms with Crippen LogP contribution in [0.1, 0.15) is 51.6 Å². The van der Waals surface area contributed by atoms with Gasteiger partial charge in [0, 0.05) is 6.04 Å². The van der Waals surface area contributed by atoms with Crippen LogP contribution in [0.25, 0.3) is 0 Å². The maximum absolute atomic E-state index is 13.5. The summed E-state index contributed by atoms with van der Waals surface area (Å²) in [6, 6.07) is 4.44. The lowest BCUT2D eigenvalue weighted by Crippen LogP contribution is -2.33. The average molecular weight is 281 g/mol. The largest absolute Gasteiger partial charge is 0.310 e. The zero-order chi connectivity index (χ0) is 14.7. The number of hydrogen-bond donors (Lipinski definition) is 1. The van der Waals surface area contributed by atoms with Gasteiger partial charge in [0.2, 0.25) is 0 Å². The molecule has 4 unspecified atom stereocenters. The summed E-state index contributed by atoms with van der Waals surface area (Å²) in [4.78, 5) is 0. The molecular formula is C17H25F2N. The van der Waals surface area contributed by atoms with Crippen LogP contribution in [0, 0.1) is 29.4 Å². The lowest BCUT2D eigenvalue weighted by atomic mass is 9.72. The van der Waals surface area contributed by atoms with Crippen LogP contribution in [-0.2, 0) is 0 Å². The van der Waals surface area contributed by atoms with Crippen LogP contribution in [0.3, 0.4) is 0 Å².